The van der Waals surface area contributed by atoms with Crippen LogP contribution < -0.4 is 22.1 Å². The van der Waals surface area contributed by atoms with Crippen LogP contribution in [0.3, 0.4) is 0 Å². The van der Waals surface area contributed by atoms with Crippen LogP contribution in [0.25, 0.3) is 27.5 Å². The highest BCUT2D eigenvalue weighted by Crippen LogP contribution is 2.41. The number of aromatic nitrogens is 3. The smallest absolute Gasteiger partial charge is 0.382 e. The molecule has 0 bridgehead atoms. The zero-order valence-corrected chi connectivity index (χ0v) is 23.7. The van der Waals surface area contributed by atoms with Crippen LogP contribution in [-0.4, -0.2) is 50.3 Å². The second kappa shape index (κ2) is 10.8. The lowest BCUT2D eigenvalue weighted by molar-refractivity contribution is -0.137. The number of halogens is 3. The summed E-state index contributed by atoms with van der Waals surface area (Å²) in [4.78, 5) is 38.2. The minimum absolute atomic E-state index is 0.0393. The average molecular weight is 603 g/mol. The Balaban J connectivity index is 1.52. The number of hydrogen-bond acceptors (Lipinski definition) is 6. The highest BCUT2D eigenvalue weighted by Gasteiger charge is 2.32. The number of anilines is 3. The first kappa shape index (κ1) is 28.9. The van der Waals surface area contributed by atoms with Gasteiger partial charge in [0.05, 0.1) is 23.1 Å². The number of primary amides is 1. The number of piperidine rings is 1. The quantitative estimate of drug-likeness (QED) is 0.256. The summed E-state index contributed by atoms with van der Waals surface area (Å²) in [6.07, 6.45) is -1.53. The zero-order chi connectivity index (χ0) is 31.3. The van der Waals surface area contributed by atoms with Crippen molar-refractivity contribution in [1.82, 2.24) is 19.3 Å². The fourth-order valence-corrected chi connectivity index (χ4v) is 5.90. The third-order valence-electron chi connectivity index (χ3n) is 7.87. The molecule has 1 saturated heterocycles. The Bertz CT molecular complexity index is 1940. The van der Waals surface area contributed by atoms with Crippen LogP contribution in [0, 0.1) is 6.92 Å². The third-order valence-corrected chi connectivity index (χ3v) is 7.87. The van der Waals surface area contributed by atoms with E-state index < -0.39 is 17.8 Å². The fourth-order valence-electron chi connectivity index (χ4n) is 5.90. The number of nitrogen functional groups attached to an aromatic ring is 1. The van der Waals surface area contributed by atoms with Crippen LogP contribution in [-0.2, 0) is 6.18 Å². The molecule has 5 aromatic rings. The molecule has 10 nitrogen and oxygen atoms in total. The van der Waals surface area contributed by atoms with E-state index in [1.165, 1.54) is 18.3 Å². The minimum Gasteiger partial charge on any atom is -0.382 e. The summed E-state index contributed by atoms with van der Waals surface area (Å²) in [5.41, 5.74) is 19.4. The van der Waals surface area contributed by atoms with Crippen molar-refractivity contribution in [3.63, 3.8) is 0 Å². The summed E-state index contributed by atoms with van der Waals surface area (Å²) in [7, 11) is 0. The molecule has 13 heteroatoms. The van der Waals surface area contributed by atoms with Gasteiger partial charge in [-0.25, -0.2) is 14.8 Å². The van der Waals surface area contributed by atoms with Crippen molar-refractivity contribution in [3.05, 3.63) is 83.9 Å². The molecule has 3 aromatic carbocycles. The number of nitrogens with zero attached hydrogens (tertiary/aromatic N) is 5. The molecule has 6 N–H and O–H groups in total. The van der Waals surface area contributed by atoms with Crippen molar-refractivity contribution in [2.45, 2.75) is 32.0 Å². The lowest BCUT2D eigenvalue weighted by Gasteiger charge is -2.31. The van der Waals surface area contributed by atoms with Crippen LogP contribution in [0.15, 0.2) is 66.9 Å². The topological polar surface area (TPSA) is 149 Å². The molecule has 1 aliphatic heterocycles. The summed E-state index contributed by atoms with van der Waals surface area (Å²) < 4.78 is 42.2. The molecule has 0 aliphatic carbocycles. The van der Waals surface area contributed by atoms with Gasteiger partial charge >= 0.3 is 12.2 Å². The van der Waals surface area contributed by atoms with Gasteiger partial charge in [0.2, 0.25) is 0 Å². The van der Waals surface area contributed by atoms with Crippen molar-refractivity contribution in [1.29, 1.82) is 0 Å². The van der Waals surface area contributed by atoms with Gasteiger partial charge in [-0.2, -0.15) is 13.2 Å². The number of fused-ring (bicyclic) bond motifs is 2. The van der Waals surface area contributed by atoms with Gasteiger partial charge in [-0.15, -0.1) is 0 Å². The molecule has 0 spiro atoms. The van der Waals surface area contributed by atoms with Crippen LogP contribution >= 0.6 is 0 Å². The summed E-state index contributed by atoms with van der Waals surface area (Å²) >= 11 is 0. The summed E-state index contributed by atoms with van der Waals surface area (Å²) in [6, 6.07) is 13.7. The number of amides is 3. The molecular formula is C31H29F3N8O2. The molecule has 3 amide bonds. The Labute approximate surface area is 249 Å². The zero-order valence-electron chi connectivity index (χ0n) is 23.7. The molecule has 6 rings (SSSR count). The van der Waals surface area contributed by atoms with E-state index >= 15 is 0 Å². The maximum absolute atomic E-state index is 13.6. The number of urea groups is 1. The van der Waals surface area contributed by atoms with E-state index in [0.29, 0.717) is 52.2 Å². The van der Waals surface area contributed by atoms with E-state index in [2.05, 4.69) is 4.98 Å². The molecule has 3 heterocycles. The largest absolute Gasteiger partial charge is 0.416 e. The maximum atomic E-state index is 13.6. The highest BCUT2D eigenvalue weighted by atomic mass is 19.4. The van der Waals surface area contributed by atoms with Gasteiger partial charge in [0, 0.05) is 30.1 Å². The SMILES string of the molecule is Cc1nc(-c2ccc(N(C(N)=O)c3cccc(C(F)(F)F)c3)c3ccccc23)c2c(N)ncc(C(=O)N3CCC[C@@H](N)C3)n12. The predicted octanol–water partition coefficient (Wildman–Crippen LogP) is 5.24. The number of imidazole rings is 1. The first-order valence-corrected chi connectivity index (χ1v) is 13.9. The molecule has 44 heavy (non-hydrogen) atoms. The Kier molecular flexibility index (Phi) is 7.12. The van der Waals surface area contributed by atoms with Gasteiger partial charge in [-0.1, -0.05) is 30.3 Å². The fraction of sp³-hybridized carbons (Fsp3) is 0.226. The number of aryl methyl sites for hydroxylation is 1. The Hall–Kier alpha value is -5.17. The van der Waals surface area contributed by atoms with Gasteiger partial charge in [0.25, 0.3) is 5.91 Å². The van der Waals surface area contributed by atoms with Gasteiger partial charge < -0.3 is 22.1 Å². The Morgan fingerprint density at radius 3 is 2.50 bits per heavy atom. The van der Waals surface area contributed by atoms with Gasteiger partial charge in [-0.05, 0) is 55.5 Å². The van der Waals surface area contributed by atoms with Crippen molar-refractivity contribution in [3.8, 4) is 11.3 Å². The van der Waals surface area contributed by atoms with E-state index in [1.54, 1.807) is 52.6 Å². The first-order chi connectivity index (χ1) is 21.0. The third kappa shape index (κ3) is 4.94. The molecule has 2 aromatic heterocycles. The molecule has 0 unspecified atom stereocenters. The van der Waals surface area contributed by atoms with Crippen molar-refractivity contribution in [2.24, 2.45) is 11.5 Å². The van der Waals surface area contributed by atoms with Crippen molar-refractivity contribution < 1.29 is 22.8 Å². The number of carbonyl (C=O) groups excluding carboxylic acids is 2. The first-order valence-electron chi connectivity index (χ1n) is 13.9. The van der Waals surface area contributed by atoms with Crippen molar-refractivity contribution in [2.75, 3.05) is 23.7 Å². The molecule has 1 fully saturated rings. The van der Waals surface area contributed by atoms with Crippen molar-refractivity contribution >= 4 is 45.4 Å². The van der Waals surface area contributed by atoms with Crippen LogP contribution in [0.4, 0.5) is 35.2 Å². The molecule has 1 aliphatic rings. The number of likely N-dealkylation sites (tertiary alicyclic amines) is 1. The summed E-state index contributed by atoms with van der Waals surface area (Å²) in [5, 5.41) is 1.16. The van der Waals surface area contributed by atoms with Gasteiger partial charge in [-0.3, -0.25) is 14.1 Å². The maximum Gasteiger partial charge on any atom is 0.416 e. The van der Waals surface area contributed by atoms with E-state index in [4.69, 9.17) is 22.2 Å². The van der Waals surface area contributed by atoms with Crippen LogP contribution in [0.2, 0.25) is 0 Å². The van der Waals surface area contributed by atoms with E-state index in [0.717, 1.165) is 29.9 Å². The lowest BCUT2D eigenvalue weighted by Crippen LogP contribution is -2.46. The normalized spacial score (nSPS) is 15.6. The molecule has 1 atom stereocenters. The second-order valence-corrected chi connectivity index (χ2v) is 10.8. The molecule has 0 radical (unpaired) electrons. The number of hydrogen-bond donors (Lipinski definition) is 3. The Morgan fingerprint density at radius 2 is 1.80 bits per heavy atom. The molecule has 226 valence electrons. The number of benzene rings is 3. The number of alkyl halides is 3. The number of carbonyl (C=O) groups is 2. The van der Waals surface area contributed by atoms with Crippen LogP contribution in [0.1, 0.15) is 34.7 Å². The van der Waals surface area contributed by atoms with E-state index in [9.17, 15) is 22.8 Å². The van der Waals surface area contributed by atoms with E-state index in [-0.39, 0.29) is 29.1 Å². The molecule has 0 saturated carbocycles. The van der Waals surface area contributed by atoms with E-state index in [1.807, 2.05) is 0 Å². The summed E-state index contributed by atoms with van der Waals surface area (Å²) in [6.45, 7) is 2.76. The minimum atomic E-state index is -4.61. The molecular weight excluding hydrogens is 573 g/mol. The lowest BCUT2D eigenvalue weighted by atomic mass is 9.99. The van der Waals surface area contributed by atoms with Gasteiger partial charge in [0.15, 0.2) is 0 Å². The standard InChI is InChI=1S/C31H29F3N8O2/c1-17-39-26(27-28(36)38-15-25(41(17)27)29(43)40-13-5-7-19(35)16-40)23-11-12-24(22-10-3-2-9-21(22)23)42(30(37)44)20-8-4-6-18(14-20)31(32,33)34/h2-4,6,8-12,14-15,19H,5,7,13,16,35H2,1H3,(H2,36,38)(H2,37,44)/t19-/m1/s1. The summed E-state index contributed by atoms with van der Waals surface area (Å²) in [5.74, 6) is 0.427. The second-order valence-electron chi connectivity index (χ2n) is 10.8. The average Bonchev–Trinajstić information content (AvgIpc) is 3.34. The monoisotopic (exact) mass is 602 g/mol. The van der Waals surface area contributed by atoms with Crippen LogP contribution in [0.5, 0.6) is 0 Å². The highest BCUT2D eigenvalue weighted by molar-refractivity contribution is 6.12. The van der Waals surface area contributed by atoms with Gasteiger partial charge in [0.1, 0.15) is 28.5 Å². The number of nitrogens with two attached hydrogens (primary N) is 3. The number of rotatable bonds is 4. The Morgan fingerprint density at radius 1 is 1.05 bits per heavy atom. The predicted molar refractivity (Wildman–Crippen MR) is 161 cm³/mol.